The quantitative estimate of drug-likeness (QED) is 0.756. The maximum atomic E-state index is 12.7. The second kappa shape index (κ2) is 7.92. The Hall–Kier alpha value is -2.33. The lowest BCUT2D eigenvalue weighted by Gasteiger charge is -2.39. The van der Waals surface area contributed by atoms with Crippen LogP contribution in [0, 0.1) is 11.3 Å². The van der Waals surface area contributed by atoms with Crippen molar-refractivity contribution in [2.24, 2.45) is 7.05 Å². The lowest BCUT2D eigenvalue weighted by Crippen LogP contribution is -2.50. The first-order chi connectivity index (χ1) is 12.6. The van der Waals surface area contributed by atoms with Gasteiger partial charge in [0.2, 0.25) is 5.91 Å². The zero-order valence-electron chi connectivity index (χ0n) is 15.2. The summed E-state index contributed by atoms with van der Waals surface area (Å²) in [5.74, 6) is 0.984. The van der Waals surface area contributed by atoms with E-state index in [0.29, 0.717) is 5.16 Å². The van der Waals surface area contributed by atoms with E-state index >= 15 is 0 Å². The Morgan fingerprint density at radius 1 is 1.27 bits per heavy atom. The van der Waals surface area contributed by atoms with Crippen LogP contribution in [0.1, 0.15) is 32.1 Å². The van der Waals surface area contributed by atoms with Gasteiger partial charge in [0, 0.05) is 19.7 Å². The number of thioether (sulfide) groups is 1. The minimum Gasteiger partial charge on any atom is -0.326 e. The van der Waals surface area contributed by atoms with Crippen molar-refractivity contribution in [1.29, 1.82) is 5.26 Å². The highest BCUT2D eigenvalue weighted by Crippen LogP contribution is 2.33. The fourth-order valence-electron chi connectivity index (χ4n) is 3.40. The first-order valence-corrected chi connectivity index (χ1v) is 9.81. The molecule has 0 saturated heterocycles. The van der Waals surface area contributed by atoms with Gasteiger partial charge >= 0.3 is 0 Å². The fourth-order valence-corrected chi connectivity index (χ4v) is 4.22. The van der Waals surface area contributed by atoms with Gasteiger partial charge in [-0.1, -0.05) is 61.4 Å². The minimum atomic E-state index is -0.648. The van der Waals surface area contributed by atoms with Crippen LogP contribution < -0.4 is 0 Å². The SMILES string of the molecule is CN(C(=O)CSc1nnc(-c2ccccc2)n1C)C1(C#N)CCCCC1. The molecule has 1 amide bonds. The third-order valence-electron chi connectivity index (χ3n) is 5.10. The van der Waals surface area contributed by atoms with Crippen LogP contribution in [-0.4, -0.2) is 43.9 Å². The average molecular weight is 369 g/mol. The molecule has 1 aromatic carbocycles. The van der Waals surface area contributed by atoms with Crippen molar-refractivity contribution >= 4 is 17.7 Å². The van der Waals surface area contributed by atoms with Gasteiger partial charge in [0.15, 0.2) is 11.0 Å². The second-order valence-electron chi connectivity index (χ2n) is 6.68. The highest BCUT2D eigenvalue weighted by Gasteiger charge is 2.38. The third-order valence-corrected chi connectivity index (χ3v) is 6.10. The largest absolute Gasteiger partial charge is 0.326 e. The maximum Gasteiger partial charge on any atom is 0.234 e. The van der Waals surface area contributed by atoms with E-state index in [-0.39, 0.29) is 11.7 Å². The molecule has 1 aromatic heterocycles. The topological polar surface area (TPSA) is 74.8 Å². The molecule has 0 N–H and O–H groups in total. The van der Waals surface area contributed by atoms with Crippen LogP contribution in [0.15, 0.2) is 35.5 Å². The predicted molar refractivity (Wildman–Crippen MR) is 101 cm³/mol. The van der Waals surface area contributed by atoms with E-state index in [4.69, 9.17) is 0 Å². The zero-order valence-corrected chi connectivity index (χ0v) is 16.0. The van der Waals surface area contributed by atoms with Gasteiger partial charge in [-0.25, -0.2) is 0 Å². The number of amides is 1. The number of aromatic nitrogens is 3. The summed E-state index contributed by atoms with van der Waals surface area (Å²) < 4.78 is 1.90. The van der Waals surface area contributed by atoms with Crippen LogP contribution in [0.3, 0.4) is 0 Å². The second-order valence-corrected chi connectivity index (χ2v) is 7.62. The molecule has 136 valence electrons. The number of carbonyl (C=O) groups excluding carboxylic acids is 1. The van der Waals surface area contributed by atoms with E-state index in [1.165, 1.54) is 11.8 Å². The van der Waals surface area contributed by atoms with Crippen molar-refractivity contribution in [1.82, 2.24) is 19.7 Å². The smallest absolute Gasteiger partial charge is 0.234 e. The predicted octanol–water partition coefficient (Wildman–Crippen LogP) is 3.26. The van der Waals surface area contributed by atoms with E-state index in [2.05, 4.69) is 16.3 Å². The fraction of sp³-hybridized carbons (Fsp3) is 0.474. The van der Waals surface area contributed by atoms with Crippen LogP contribution in [0.4, 0.5) is 0 Å². The van der Waals surface area contributed by atoms with Crippen molar-refractivity contribution in [3.63, 3.8) is 0 Å². The van der Waals surface area contributed by atoms with Gasteiger partial charge in [-0.3, -0.25) is 4.79 Å². The average Bonchev–Trinajstić information content (AvgIpc) is 3.07. The van der Waals surface area contributed by atoms with E-state index in [0.717, 1.165) is 43.5 Å². The highest BCUT2D eigenvalue weighted by atomic mass is 32.2. The van der Waals surface area contributed by atoms with E-state index in [1.54, 1.807) is 11.9 Å². The molecule has 0 radical (unpaired) electrons. The molecule has 1 aliphatic rings. The first-order valence-electron chi connectivity index (χ1n) is 8.83. The molecule has 2 aromatic rings. The minimum absolute atomic E-state index is 0.0392. The number of carbonyl (C=O) groups is 1. The van der Waals surface area contributed by atoms with Gasteiger partial charge in [-0.05, 0) is 12.8 Å². The van der Waals surface area contributed by atoms with Gasteiger partial charge in [0.1, 0.15) is 5.54 Å². The van der Waals surface area contributed by atoms with Gasteiger partial charge < -0.3 is 9.47 Å². The van der Waals surface area contributed by atoms with Crippen molar-refractivity contribution in [3.8, 4) is 17.5 Å². The number of hydrogen-bond acceptors (Lipinski definition) is 5. The summed E-state index contributed by atoms with van der Waals surface area (Å²) >= 11 is 1.36. The molecule has 1 aliphatic carbocycles. The van der Waals surface area contributed by atoms with Crippen LogP contribution in [-0.2, 0) is 11.8 Å². The summed E-state index contributed by atoms with van der Waals surface area (Å²) in [6.07, 6.45) is 4.67. The molecule has 0 bridgehead atoms. The number of nitriles is 1. The summed E-state index contributed by atoms with van der Waals surface area (Å²) in [5, 5.41) is 18.8. The Morgan fingerprint density at radius 3 is 2.62 bits per heavy atom. The first kappa shape index (κ1) is 18.5. The molecule has 6 nitrogen and oxygen atoms in total. The van der Waals surface area contributed by atoms with Crippen LogP contribution in [0.2, 0.25) is 0 Å². The normalized spacial score (nSPS) is 16.0. The number of rotatable bonds is 5. The van der Waals surface area contributed by atoms with Crippen LogP contribution in [0.25, 0.3) is 11.4 Å². The molecule has 0 spiro atoms. The van der Waals surface area contributed by atoms with Gasteiger partial charge in [0.25, 0.3) is 0 Å². The molecule has 1 saturated carbocycles. The number of nitrogens with zero attached hydrogens (tertiary/aromatic N) is 5. The molecule has 1 fully saturated rings. The Kier molecular flexibility index (Phi) is 5.62. The molecule has 0 atom stereocenters. The molecule has 1 heterocycles. The molecule has 7 heteroatoms. The van der Waals surface area contributed by atoms with Crippen molar-refractivity contribution in [2.75, 3.05) is 12.8 Å². The maximum absolute atomic E-state index is 12.7. The lowest BCUT2D eigenvalue weighted by atomic mass is 9.81. The Bertz CT molecular complexity index is 805. The van der Waals surface area contributed by atoms with E-state index < -0.39 is 5.54 Å². The van der Waals surface area contributed by atoms with Gasteiger partial charge in [-0.2, -0.15) is 5.26 Å². The summed E-state index contributed by atoms with van der Waals surface area (Å²) in [5.41, 5.74) is 0.341. The van der Waals surface area contributed by atoms with Crippen molar-refractivity contribution in [3.05, 3.63) is 30.3 Å². The molecular weight excluding hydrogens is 346 g/mol. The van der Waals surface area contributed by atoms with Crippen molar-refractivity contribution in [2.45, 2.75) is 42.8 Å². The summed E-state index contributed by atoms with van der Waals surface area (Å²) in [6, 6.07) is 12.2. The van der Waals surface area contributed by atoms with Gasteiger partial charge in [-0.15, -0.1) is 10.2 Å². The molecular formula is C19H23N5OS. The Morgan fingerprint density at radius 2 is 1.96 bits per heavy atom. The Labute approximate surface area is 158 Å². The monoisotopic (exact) mass is 369 g/mol. The zero-order chi connectivity index (χ0) is 18.6. The van der Waals surface area contributed by atoms with E-state index in [1.807, 2.05) is 41.9 Å². The van der Waals surface area contributed by atoms with Gasteiger partial charge in [0.05, 0.1) is 11.8 Å². The third kappa shape index (κ3) is 3.61. The molecule has 3 rings (SSSR count). The highest BCUT2D eigenvalue weighted by molar-refractivity contribution is 7.99. The molecule has 0 aliphatic heterocycles. The summed E-state index contributed by atoms with van der Waals surface area (Å²) in [7, 11) is 3.65. The number of hydrogen-bond donors (Lipinski definition) is 0. The van der Waals surface area contributed by atoms with Crippen molar-refractivity contribution < 1.29 is 4.79 Å². The lowest BCUT2D eigenvalue weighted by molar-refractivity contribution is -0.131. The van der Waals surface area contributed by atoms with E-state index in [9.17, 15) is 10.1 Å². The van der Waals surface area contributed by atoms with Crippen LogP contribution >= 0.6 is 11.8 Å². The molecule has 26 heavy (non-hydrogen) atoms. The summed E-state index contributed by atoms with van der Waals surface area (Å²) in [6.45, 7) is 0. The summed E-state index contributed by atoms with van der Waals surface area (Å²) in [4.78, 5) is 14.3. The standard InChI is InChI=1S/C19H23N5OS/c1-23-17(15-9-5-3-6-10-15)21-22-18(23)26-13-16(25)24(2)19(14-20)11-7-4-8-12-19/h3,5-6,9-10H,4,7-8,11-13H2,1-2H3. The van der Waals surface area contributed by atoms with Crippen LogP contribution in [0.5, 0.6) is 0 Å². The number of benzene rings is 1. The molecule has 0 unspecified atom stereocenters. The Balaban J connectivity index is 1.67.